The molecule has 1 unspecified atom stereocenters. The minimum atomic E-state index is -4.69. The molecule has 0 bridgehead atoms. The highest BCUT2D eigenvalue weighted by molar-refractivity contribution is 7.47. The van der Waals surface area contributed by atoms with Crippen molar-refractivity contribution in [2.24, 2.45) is 0 Å². The Morgan fingerprint density at radius 3 is 1.77 bits per heavy atom. The van der Waals surface area contributed by atoms with Crippen LogP contribution in [0.15, 0.2) is 60.8 Å². The highest BCUT2D eigenvalue weighted by Crippen LogP contribution is 2.43. The van der Waals surface area contributed by atoms with Gasteiger partial charge in [0.05, 0.1) is 19.8 Å². The van der Waals surface area contributed by atoms with Crippen LogP contribution in [0.2, 0.25) is 0 Å². The molecule has 322 valence electrons. The summed E-state index contributed by atoms with van der Waals surface area (Å²) in [5, 5.41) is 18.3. The van der Waals surface area contributed by atoms with Crippen LogP contribution in [0.5, 0.6) is 0 Å². The van der Waals surface area contributed by atoms with Gasteiger partial charge in [-0.3, -0.25) is 23.4 Å². The first-order valence-electron chi connectivity index (χ1n) is 21.2. The van der Waals surface area contributed by atoms with Crippen molar-refractivity contribution in [3.05, 3.63) is 60.8 Å². The monoisotopic (exact) mass is 811 g/mol. The van der Waals surface area contributed by atoms with Gasteiger partial charge in [0.2, 0.25) is 0 Å². The van der Waals surface area contributed by atoms with Crippen molar-refractivity contribution < 1.29 is 52.6 Å². The van der Waals surface area contributed by atoms with E-state index in [9.17, 15) is 28.9 Å². The molecule has 0 aromatic carbocycles. The van der Waals surface area contributed by atoms with Crippen LogP contribution in [-0.2, 0) is 37.5 Å². The van der Waals surface area contributed by atoms with Crippen molar-refractivity contribution >= 4 is 25.5 Å². The largest absolute Gasteiger partial charge is 0.472 e. The Hall–Kier alpha value is -2.66. The molecule has 0 amide bonds. The fraction of sp³-hybridized carbons (Fsp3) is 0.705. The lowest BCUT2D eigenvalue weighted by Gasteiger charge is -2.20. The molecule has 0 aliphatic carbocycles. The molecule has 0 aromatic heterocycles. The van der Waals surface area contributed by atoms with Gasteiger partial charge < -0.3 is 24.6 Å². The summed E-state index contributed by atoms with van der Waals surface area (Å²) in [6, 6.07) is 0. The summed E-state index contributed by atoms with van der Waals surface area (Å²) < 4.78 is 32.4. The van der Waals surface area contributed by atoms with Crippen LogP contribution in [-0.4, -0.2) is 71.5 Å². The molecule has 56 heavy (non-hydrogen) atoms. The molecule has 0 rings (SSSR count). The third-order valence-corrected chi connectivity index (χ3v) is 9.57. The van der Waals surface area contributed by atoms with Crippen LogP contribution in [0.1, 0.15) is 162 Å². The number of ketones is 1. The summed E-state index contributed by atoms with van der Waals surface area (Å²) >= 11 is 0. The Labute approximate surface area is 338 Å². The number of esters is 2. The maximum atomic E-state index is 12.6. The lowest BCUT2D eigenvalue weighted by Crippen LogP contribution is -2.30. The molecule has 0 fully saturated rings. The summed E-state index contributed by atoms with van der Waals surface area (Å²) in [6.07, 6.45) is 39.1. The molecule has 0 radical (unpaired) electrons. The Morgan fingerprint density at radius 1 is 0.589 bits per heavy atom. The first-order valence-corrected chi connectivity index (χ1v) is 22.7. The van der Waals surface area contributed by atoms with E-state index in [4.69, 9.17) is 19.1 Å². The number of ether oxygens (including phenoxy) is 2. The number of carbonyl (C=O) groups is 3. The molecule has 0 spiro atoms. The number of unbranched alkanes of at least 4 members (excludes halogenated alkanes) is 14. The third-order valence-electron chi connectivity index (χ3n) is 8.62. The van der Waals surface area contributed by atoms with Crippen LogP contribution in [0.25, 0.3) is 0 Å². The molecule has 3 N–H and O–H groups in total. The zero-order chi connectivity index (χ0) is 41.4. The van der Waals surface area contributed by atoms with Crippen LogP contribution in [0, 0.1) is 0 Å². The highest BCUT2D eigenvalue weighted by atomic mass is 31.2. The van der Waals surface area contributed by atoms with E-state index < -0.39 is 58.4 Å². The lowest BCUT2D eigenvalue weighted by atomic mass is 10.1. The summed E-state index contributed by atoms with van der Waals surface area (Å²) in [4.78, 5) is 47.2. The van der Waals surface area contributed by atoms with Crippen molar-refractivity contribution in [1.82, 2.24) is 0 Å². The molecule has 12 heteroatoms. The fourth-order valence-corrected chi connectivity index (χ4v) is 6.08. The number of allylic oxidation sites excluding steroid dienone is 10. The van der Waals surface area contributed by atoms with E-state index in [2.05, 4.69) is 54.8 Å². The molecule has 0 aromatic rings. The van der Waals surface area contributed by atoms with E-state index >= 15 is 0 Å². The number of aliphatic hydroxyl groups excluding tert-OH is 2. The first kappa shape index (κ1) is 53.3. The zero-order valence-corrected chi connectivity index (χ0v) is 35.5. The van der Waals surface area contributed by atoms with Gasteiger partial charge in [-0.05, 0) is 70.3 Å². The maximum absolute atomic E-state index is 12.6. The van der Waals surface area contributed by atoms with Crippen molar-refractivity contribution in [3.8, 4) is 0 Å². The van der Waals surface area contributed by atoms with Crippen LogP contribution >= 0.6 is 7.82 Å². The topological polar surface area (TPSA) is 166 Å². The average Bonchev–Trinajstić information content (AvgIpc) is 3.18. The van der Waals surface area contributed by atoms with E-state index in [1.54, 1.807) is 12.2 Å². The number of rotatable bonds is 39. The van der Waals surface area contributed by atoms with Gasteiger partial charge in [-0.15, -0.1) is 0 Å². The van der Waals surface area contributed by atoms with Gasteiger partial charge >= 0.3 is 19.8 Å². The Bertz CT molecular complexity index is 1180. The van der Waals surface area contributed by atoms with Gasteiger partial charge in [-0.2, -0.15) is 0 Å². The number of aliphatic hydroxyl groups is 2. The minimum absolute atomic E-state index is 0.109. The SMILES string of the molecule is CCCCC/C=C\C/C=C\C/C=C\C=C\C(=O)CCCC(=O)O[C@H](COC(=O)CCCCCCC/C=C\CCCCCCCC)COP(=O)(O)OC[C@@H](O)CO. The zero-order valence-electron chi connectivity index (χ0n) is 34.6. The molecule has 0 saturated carbocycles. The number of phosphoric ester groups is 1. The van der Waals surface area contributed by atoms with Gasteiger partial charge in [0.1, 0.15) is 12.7 Å². The molecule has 0 saturated heterocycles. The average molecular weight is 811 g/mol. The third kappa shape index (κ3) is 38.2. The Kier molecular flexibility index (Phi) is 37.3. The number of hydrogen-bond donors (Lipinski definition) is 3. The summed E-state index contributed by atoms with van der Waals surface area (Å²) in [7, 11) is -4.69. The van der Waals surface area contributed by atoms with Gasteiger partial charge in [0.15, 0.2) is 11.9 Å². The summed E-state index contributed by atoms with van der Waals surface area (Å²) in [5.41, 5.74) is 0. The Morgan fingerprint density at radius 2 is 1.11 bits per heavy atom. The standard InChI is InChI=1S/C44H75O11P/c1-3-5-7-9-11-13-15-17-18-20-22-24-26-28-30-34-43(48)52-38-42(39-54-56(50,51)53-37-41(47)36-45)55-44(49)35-31-33-40(46)32-29-27-25-23-21-19-16-14-12-10-8-6-4-2/h12,14,17-19,21,25,27,29,32,41-42,45,47H,3-11,13,15-16,20,22-24,26,28,30-31,33-39H2,1-2H3,(H,50,51)/b14-12-,18-17-,21-19-,27-25-,32-29+/t41-,42+/m0/s1. The Balaban J connectivity index is 4.54. The van der Waals surface area contributed by atoms with E-state index in [1.165, 1.54) is 63.9 Å². The predicted molar refractivity (Wildman–Crippen MR) is 224 cm³/mol. The number of phosphoric acid groups is 1. The fourth-order valence-electron chi connectivity index (χ4n) is 5.29. The van der Waals surface area contributed by atoms with Gasteiger partial charge in [0.25, 0.3) is 0 Å². The van der Waals surface area contributed by atoms with Crippen LogP contribution in [0.4, 0.5) is 0 Å². The van der Waals surface area contributed by atoms with Crippen molar-refractivity contribution in [3.63, 3.8) is 0 Å². The maximum Gasteiger partial charge on any atom is 0.472 e. The quantitative estimate of drug-likeness (QED) is 0.0135. The second kappa shape index (κ2) is 39.2. The first-order chi connectivity index (χ1) is 27.1. The molecule has 0 aliphatic rings. The van der Waals surface area contributed by atoms with Crippen molar-refractivity contribution in [1.29, 1.82) is 0 Å². The highest BCUT2D eigenvalue weighted by Gasteiger charge is 2.27. The van der Waals surface area contributed by atoms with Gasteiger partial charge in [0, 0.05) is 19.3 Å². The molecule has 11 nitrogen and oxygen atoms in total. The molecule has 0 aliphatic heterocycles. The molecular weight excluding hydrogens is 735 g/mol. The van der Waals surface area contributed by atoms with Crippen molar-refractivity contribution in [2.75, 3.05) is 26.4 Å². The van der Waals surface area contributed by atoms with Crippen LogP contribution < -0.4 is 0 Å². The normalized spacial score (nSPS) is 14.4. The van der Waals surface area contributed by atoms with Crippen LogP contribution in [0.3, 0.4) is 0 Å². The smallest absolute Gasteiger partial charge is 0.462 e. The molecular formula is C44H75O11P. The molecule has 3 atom stereocenters. The van der Waals surface area contributed by atoms with E-state index in [-0.39, 0.29) is 31.5 Å². The summed E-state index contributed by atoms with van der Waals surface area (Å²) in [6.45, 7) is 2.04. The summed E-state index contributed by atoms with van der Waals surface area (Å²) in [5.74, 6) is -1.35. The van der Waals surface area contributed by atoms with Crippen molar-refractivity contribution in [2.45, 2.75) is 174 Å². The van der Waals surface area contributed by atoms with E-state index in [0.717, 1.165) is 57.8 Å². The van der Waals surface area contributed by atoms with E-state index in [1.807, 2.05) is 6.08 Å². The van der Waals surface area contributed by atoms with E-state index in [0.29, 0.717) is 6.42 Å². The second-order valence-electron chi connectivity index (χ2n) is 14.0. The minimum Gasteiger partial charge on any atom is -0.462 e. The number of hydrogen-bond acceptors (Lipinski definition) is 10. The lowest BCUT2D eigenvalue weighted by molar-refractivity contribution is -0.161. The predicted octanol–water partition coefficient (Wildman–Crippen LogP) is 10.3. The second-order valence-corrected chi connectivity index (χ2v) is 15.5. The molecule has 0 heterocycles. The number of carbonyl (C=O) groups excluding carboxylic acids is 3. The van der Waals surface area contributed by atoms with Gasteiger partial charge in [-0.25, -0.2) is 4.57 Å². The van der Waals surface area contributed by atoms with Gasteiger partial charge in [-0.1, -0.05) is 133 Å².